The lowest BCUT2D eigenvalue weighted by molar-refractivity contribution is -0.140. The number of amides is 2. The topological polar surface area (TPSA) is 136 Å². The molecule has 2 amide bonds. The summed E-state index contributed by atoms with van der Waals surface area (Å²) in [6, 6.07) is 3.16. The minimum Gasteiger partial charge on any atom is -0.480 e. The number of halogens is 1. The van der Waals surface area contributed by atoms with Crippen molar-refractivity contribution in [2.45, 2.75) is 12.5 Å². The number of carboxylic acids is 1. The van der Waals surface area contributed by atoms with E-state index in [1.165, 1.54) is 6.07 Å². The van der Waals surface area contributed by atoms with Crippen LogP contribution in [-0.4, -0.2) is 28.9 Å². The summed E-state index contributed by atoms with van der Waals surface area (Å²) in [5.41, 5.74) is 11.0. The standard InChI is InChI=1S/C11H12BrN3O4/c12-7-2-1-5(13)3-6(7)10(17)15-8(11(18)19)4-9(14)16/h1-3,8H,4,13H2,(H2,14,16)(H,15,17)(H,18,19). The molecule has 7 nitrogen and oxygen atoms in total. The number of aliphatic carboxylic acids is 1. The molecule has 0 aliphatic carbocycles. The van der Waals surface area contributed by atoms with Gasteiger partial charge in [0.2, 0.25) is 5.91 Å². The lowest BCUT2D eigenvalue weighted by Gasteiger charge is -2.13. The van der Waals surface area contributed by atoms with Crippen LogP contribution in [0.5, 0.6) is 0 Å². The van der Waals surface area contributed by atoms with E-state index in [9.17, 15) is 14.4 Å². The van der Waals surface area contributed by atoms with Crippen molar-refractivity contribution in [3.63, 3.8) is 0 Å². The molecule has 0 aromatic heterocycles. The maximum absolute atomic E-state index is 11.9. The molecule has 0 saturated heterocycles. The number of primary amides is 1. The second-order valence-electron chi connectivity index (χ2n) is 3.77. The highest BCUT2D eigenvalue weighted by molar-refractivity contribution is 9.10. The van der Waals surface area contributed by atoms with Crippen LogP contribution in [-0.2, 0) is 9.59 Å². The smallest absolute Gasteiger partial charge is 0.326 e. The molecule has 0 fully saturated rings. The molecule has 1 aromatic carbocycles. The minimum absolute atomic E-state index is 0.177. The summed E-state index contributed by atoms with van der Waals surface area (Å²) in [7, 11) is 0. The molecule has 1 unspecified atom stereocenters. The number of nitrogens with two attached hydrogens (primary N) is 2. The SMILES string of the molecule is NC(=O)CC(NC(=O)c1cc(N)ccc1Br)C(=O)O. The molecule has 19 heavy (non-hydrogen) atoms. The Hall–Kier alpha value is -2.09. The fraction of sp³-hybridized carbons (Fsp3) is 0.182. The highest BCUT2D eigenvalue weighted by Crippen LogP contribution is 2.19. The summed E-state index contributed by atoms with van der Waals surface area (Å²) in [5, 5.41) is 11.1. The van der Waals surface area contributed by atoms with Crippen molar-refractivity contribution < 1.29 is 19.5 Å². The molecule has 0 aliphatic heterocycles. The Morgan fingerprint density at radius 2 is 2.00 bits per heavy atom. The first kappa shape index (κ1) is 15.0. The number of hydrogen-bond acceptors (Lipinski definition) is 4. The van der Waals surface area contributed by atoms with Gasteiger partial charge in [-0.3, -0.25) is 9.59 Å². The summed E-state index contributed by atoms with van der Waals surface area (Å²) < 4.78 is 0.461. The van der Waals surface area contributed by atoms with Crippen molar-refractivity contribution >= 4 is 39.4 Å². The Morgan fingerprint density at radius 1 is 1.37 bits per heavy atom. The van der Waals surface area contributed by atoms with Gasteiger partial charge in [0.15, 0.2) is 0 Å². The first-order valence-electron chi connectivity index (χ1n) is 5.18. The van der Waals surface area contributed by atoms with E-state index < -0.39 is 30.2 Å². The maximum Gasteiger partial charge on any atom is 0.326 e. The molecule has 102 valence electrons. The van der Waals surface area contributed by atoms with E-state index in [-0.39, 0.29) is 5.56 Å². The Labute approximate surface area is 117 Å². The molecule has 0 bridgehead atoms. The van der Waals surface area contributed by atoms with E-state index >= 15 is 0 Å². The van der Waals surface area contributed by atoms with E-state index in [0.29, 0.717) is 10.2 Å². The van der Waals surface area contributed by atoms with E-state index in [2.05, 4.69) is 21.2 Å². The molecule has 8 heteroatoms. The third kappa shape index (κ3) is 4.25. The van der Waals surface area contributed by atoms with E-state index in [4.69, 9.17) is 16.6 Å². The van der Waals surface area contributed by atoms with E-state index in [0.717, 1.165) is 0 Å². The second kappa shape index (κ2) is 6.19. The fourth-order valence-electron chi connectivity index (χ4n) is 1.35. The summed E-state index contributed by atoms with van der Waals surface area (Å²) in [5.74, 6) is -2.82. The van der Waals surface area contributed by atoms with Crippen LogP contribution in [0.1, 0.15) is 16.8 Å². The van der Waals surface area contributed by atoms with Gasteiger partial charge in [-0.15, -0.1) is 0 Å². The molecule has 1 atom stereocenters. The van der Waals surface area contributed by atoms with Crippen molar-refractivity contribution in [3.8, 4) is 0 Å². The molecule has 1 rings (SSSR count). The molecule has 0 heterocycles. The van der Waals surface area contributed by atoms with Gasteiger partial charge in [-0.25, -0.2) is 4.79 Å². The number of anilines is 1. The average Bonchev–Trinajstić information content (AvgIpc) is 2.30. The zero-order valence-electron chi connectivity index (χ0n) is 9.72. The maximum atomic E-state index is 11.9. The number of benzene rings is 1. The van der Waals surface area contributed by atoms with Gasteiger partial charge in [0.05, 0.1) is 12.0 Å². The van der Waals surface area contributed by atoms with Crippen LogP contribution in [0.25, 0.3) is 0 Å². The first-order chi connectivity index (χ1) is 8.81. The third-order valence-electron chi connectivity index (χ3n) is 2.24. The van der Waals surface area contributed by atoms with Crippen LogP contribution in [0.4, 0.5) is 5.69 Å². The number of hydrogen-bond donors (Lipinski definition) is 4. The van der Waals surface area contributed by atoms with Gasteiger partial charge in [-0.05, 0) is 34.1 Å². The molecule has 0 aliphatic rings. The molecular formula is C11H12BrN3O4. The highest BCUT2D eigenvalue weighted by atomic mass is 79.9. The summed E-state index contributed by atoms with van der Waals surface area (Å²) in [6.45, 7) is 0. The van der Waals surface area contributed by atoms with Gasteiger partial charge in [0.25, 0.3) is 5.91 Å². The van der Waals surface area contributed by atoms with Gasteiger partial charge >= 0.3 is 5.97 Å². The molecule has 0 saturated carbocycles. The molecule has 0 radical (unpaired) electrons. The molecular weight excluding hydrogens is 318 g/mol. The number of nitrogens with one attached hydrogen (secondary N) is 1. The molecule has 0 spiro atoms. The number of nitrogen functional groups attached to an aromatic ring is 1. The van der Waals surface area contributed by atoms with Crippen LogP contribution in [0.2, 0.25) is 0 Å². The first-order valence-corrected chi connectivity index (χ1v) is 5.97. The van der Waals surface area contributed by atoms with E-state index in [1.54, 1.807) is 12.1 Å². The van der Waals surface area contributed by atoms with Crippen molar-refractivity contribution in [2.24, 2.45) is 5.73 Å². The predicted octanol–water partition coefficient (Wildman–Crippen LogP) is 0.0897. The molecule has 6 N–H and O–H groups in total. The van der Waals surface area contributed by atoms with Gasteiger partial charge in [-0.1, -0.05) is 0 Å². The highest BCUT2D eigenvalue weighted by Gasteiger charge is 2.23. The number of carbonyl (C=O) groups excluding carboxylic acids is 2. The Bertz CT molecular complexity index is 533. The van der Waals surface area contributed by atoms with Crippen LogP contribution >= 0.6 is 15.9 Å². The zero-order chi connectivity index (χ0) is 14.6. The quantitative estimate of drug-likeness (QED) is 0.567. The number of rotatable bonds is 5. The third-order valence-corrected chi connectivity index (χ3v) is 2.94. The van der Waals surface area contributed by atoms with Crippen LogP contribution in [0, 0.1) is 0 Å². The lowest BCUT2D eigenvalue weighted by atomic mass is 10.1. The van der Waals surface area contributed by atoms with Crippen molar-refractivity contribution in [1.82, 2.24) is 5.32 Å². The van der Waals surface area contributed by atoms with Crippen molar-refractivity contribution in [1.29, 1.82) is 0 Å². The Balaban J connectivity index is 2.90. The predicted molar refractivity (Wildman–Crippen MR) is 71.3 cm³/mol. The van der Waals surface area contributed by atoms with Crippen LogP contribution < -0.4 is 16.8 Å². The minimum atomic E-state index is -1.38. The van der Waals surface area contributed by atoms with Crippen molar-refractivity contribution in [3.05, 3.63) is 28.2 Å². The van der Waals surface area contributed by atoms with Crippen LogP contribution in [0.3, 0.4) is 0 Å². The van der Waals surface area contributed by atoms with E-state index in [1.807, 2.05) is 0 Å². The van der Waals surface area contributed by atoms with Gasteiger partial charge < -0.3 is 21.9 Å². The largest absolute Gasteiger partial charge is 0.480 e. The van der Waals surface area contributed by atoms with Gasteiger partial charge in [0.1, 0.15) is 6.04 Å². The summed E-state index contributed by atoms with van der Waals surface area (Å²) in [4.78, 5) is 33.5. The van der Waals surface area contributed by atoms with Gasteiger partial charge in [-0.2, -0.15) is 0 Å². The monoisotopic (exact) mass is 329 g/mol. The number of carboxylic acid groups (broad SMARTS) is 1. The Morgan fingerprint density at radius 3 is 2.53 bits per heavy atom. The average molecular weight is 330 g/mol. The molecule has 1 aromatic rings. The fourth-order valence-corrected chi connectivity index (χ4v) is 1.78. The normalized spacial score (nSPS) is 11.6. The Kier molecular flexibility index (Phi) is 4.87. The second-order valence-corrected chi connectivity index (χ2v) is 4.63. The van der Waals surface area contributed by atoms with Gasteiger partial charge in [0, 0.05) is 10.2 Å². The lowest BCUT2D eigenvalue weighted by Crippen LogP contribution is -2.43. The zero-order valence-corrected chi connectivity index (χ0v) is 11.3. The summed E-state index contributed by atoms with van der Waals surface area (Å²) >= 11 is 3.15. The summed E-state index contributed by atoms with van der Waals surface area (Å²) in [6.07, 6.45) is -0.485. The van der Waals surface area contributed by atoms with Crippen molar-refractivity contribution in [2.75, 3.05) is 5.73 Å². The van der Waals surface area contributed by atoms with Crippen LogP contribution in [0.15, 0.2) is 22.7 Å². The number of carbonyl (C=O) groups is 3.